The van der Waals surface area contributed by atoms with Crippen LogP contribution in [0.1, 0.15) is 49.1 Å². The predicted molar refractivity (Wildman–Crippen MR) is 74.7 cm³/mol. The van der Waals surface area contributed by atoms with Gasteiger partial charge in [0.1, 0.15) is 17.1 Å². The van der Waals surface area contributed by atoms with E-state index in [1.165, 1.54) is 6.07 Å². The van der Waals surface area contributed by atoms with Gasteiger partial charge < -0.3 is 20.2 Å². The molecule has 0 fully saturated rings. The molecule has 0 unspecified atom stereocenters. The van der Waals surface area contributed by atoms with E-state index in [9.17, 15) is 9.59 Å². The van der Waals surface area contributed by atoms with Crippen molar-refractivity contribution in [3.63, 3.8) is 0 Å². The van der Waals surface area contributed by atoms with Gasteiger partial charge >= 0.3 is 12.0 Å². The molecule has 112 valence electrons. The smallest absolute Gasteiger partial charge is 0.339 e. The normalized spacial score (nSPS) is 11.2. The maximum Gasteiger partial charge on any atom is 0.339 e. The van der Waals surface area contributed by atoms with E-state index in [0.29, 0.717) is 18.1 Å². The molecule has 3 N–H and O–H groups in total. The molecule has 1 rings (SSSR count). The van der Waals surface area contributed by atoms with Crippen molar-refractivity contribution in [3.8, 4) is 0 Å². The first-order chi connectivity index (χ1) is 9.25. The molecule has 2 amide bonds. The first kappa shape index (κ1) is 16.1. The van der Waals surface area contributed by atoms with Crippen LogP contribution in [0.3, 0.4) is 0 Å². The van der Waals surface area contributed by atoms with Gasteiger partial charge in [-0.2, -0.15) is 0 Å². The Kier molecular flexibility index (Phi) is 5.19. The number of furan rings is 1. The van der Waals surface area contributed by atoms with Gasteiger partial charge in [-0.25, -0.2) is 9.59 Å². The minimum atomic E-state index is -1.04. The summed E-state index contributed by atoms with van der Waals surface area (Å²) in [6.45, 7) is 8.53. The fourth-order valence-corrected chi connectivity index (χ4v) is 1.52. The molecule has 0 bridgehead atoms. The lowest BCUT2D eigenvalue weighted by Gasteiger charge is -2.22. The Balaban J connectivity index is 2.45. The number of aryl methyl sites for hydroxylation is 1. The number of carboxylic acid groups (broad SMARTS) is 1. The zero-order chi connectivity index (χ0) is 15.3. The Labute approximate surface area is 118 Å². The van der Waals surface area contributed by atoms with Gasteiger partial charge in [0.15, 0.2) is 0 Å². The first-order valence-electron chi connectivity index (χ1n) is 6.59. The molecule has 0 radical (unpaired) electrons. The number of carbonyl (C=O) groups excluding carboxylic acids is 1. The highest BCUT2D eigenvalue weighted by Gasteiger charge is 2.17. The Morgan fingerprint density at radius 2 is 2.00 bits per heavy atom. The van der Waals surface area contributed by atoms with Crippen LogP contribution in [-0.2, 0) is 6.54 Å². The maximum absolute atomic E-state index is 11.6. The fourth-order valence-electron chi connectivity index (χ4n) is 1.52. The molecule has 0 aliphatic heterocycles. The molecule has 0 aromatic carbocycles. The van der Waals surface area contributed by atoms with E-state index in [4.69, 9.17) is 9.52 Å². The van der Waals surface area contributed by atoms with Gasteiger partial charge in [0.05, 0.1) is 6.54 Å². The van der Waals surface area contributed by atoms with Gasteiger partial charge in [-0.15, -0.1) is 0 Å². The molecular formula is C14H22N2O4. The highest BCUT2D eigenvalue weighted by molar-refractivity contribution is 5.88. The molecule has 0 aliphatic rings. The van der Waals surface area contributed by atoms with Crippen LogP contribution in [0, 0.1) is 12.3 Å². The molecule has 20 heavy (non-hydrogen) atoms. The first-order valence-corrected chi connectivity index (χ1v) is 6.59. The van der Waals surface area contributed by atoms with E-state index in [0.717, 1.165) is 6.42 Å². The SMILES string of the molecule is CCC(C)(C)CNC(=O)NCc1cc(C(=O)O)c(C)o1. The van der Waals surface area contributed by atoms with Crippen LogP contribution in [0.5, 0.6) is 0 Å². The van der Waals surface area contributed by atoms with Crippen molar-refractivity contribution in [2.75, 3.05) is 6.54 Å². The van der Waals surface area contributed by atoms with E-state index in [1.54, 1.807) is 6.92 Å². The summed E-state index contributed by atoms with van der Waals surface area (Å²) >= 11 is 0. The summed E-state index contributed by atoms with van der Waals surface area (Å²) in [4.78, 5) is 22.5. The lowest BCUT2D eigenvalue weighted by molar-refractivity contribution is 0.0695. The van der Waals surface area contributed by atoms with Crippen molar-refractivity contribution in [2.45, 2.75) is 40.7 Å². The topological polar surface area (TPSA) is 91.6 Å². The molecular weight excluding hydrogens is 260 g/mol. The fraction of sp³-hybridized carbons (Fsp3) is 0.571. The Bertz CT molecular complexity index is 491. The van der Waals surface area contributed by atoms with Gasteiger partial charge in [-0.3, -0.25) is 0 Å². The number of amides is 2. The second kappa shape index (κ2) is 6.45. The van der Waals surface area contributed by atoms with E-state index < -0.39 is 5.97 Å². The molecule has 0 saturated heterocycles. The lowest BCUT2D eigenvalue weighted by atomic mass is 9.90. The predicted octanol–water partition coefficient (Wildman–Crippen LogP) is 2.52. The summed E-state index contributed by atoms with van der Waals surface area (Å²) < 4.78 is 5.27. The highest BCUT2D eigenvalue weighted by atomic mass is 16.4. The minimum Gasteiger partial charge on any atom is -0.478 e. The molecule has 6 heteroatoms. The molecule has 0 spiro atoms. The van der Waals surface area contributed by atoms with Gasteiger partial charge in [0.2, 0.25) is 0 Å². The van der Waals surface area contributed by atoms with Crippen molar-refractivity contribution in [1.29, 1.82) is 0 Å². The van der Waals surface area contributed by atoms with E-state index in [1.807, 2.05) is 0 Å². The van der Waals surface area contributed by atoms with Gasteiger partial charge in [0.25, 0.3) is 0 Å². The Morgan fingerprint density at radius 1 is 1.35 bits per heavy atom. The zero-order valence-corrected chi connectivity index (χ0v) is 12.4. The molecule has 1 aromatic rings. The largest absolute Gasteiger partial charge is 0.478 e. The number of carbonyl (C=O) groups is 2. The third kappa shape index (κ3) is 4.60. The summed E-state index contributed by atoms with van der Waals surface area (Å²) in [5.41, 5.74) is 0.170. The van der Waals surface area contributed by atoms with E-state index >= 15 is 0 Å². The minimum absolute atomic E-state index is 0.0507. The van der Waals surface area contributed by atoms with Crippen LogP contribution in [0.25, 0.3) is 0 Å². The monoisotopic (exact) mass is 282 g/mol. The number of aromatic carboxylic acids is 1. The van der Waals surface area contributed by atoms with Crippen LogP contribution in [0.15, 0.2) is 10.5 Å². The summed E-state index contributed by atoms with van der Waals surface area (Å²) in [7, 11) is 0. The molecule has 0 saturated carbocycles. The van der Waals surface area contributed by atoms with Crippen molar-refractivity contribution in [1.82, 2.24) is 10.6 Å². The third-order valence-corrected chi connectivity index (χ3v) is 3.31. The van der Waals surface area contributed by atoms with Crippen molar-refractivity contribution in [2.24, 2.45) is 5.41 Å². The van der Waals surface area contributed by atoms with Crippen molar-refractivity contribution < 1.29 is 19.1 Å². The average molecular weight is 282 g/mol. The number of rotatable bonds is 6. The van der Waals surface area contributed by atoms with Crippen LogP contribution in [-0.4, -0.2) is 23.7 Å². The highest BCUT2D eigenvalue weighted by Crippen LogP contribution is 2.17. The van der Waals surface area contributed by atoms with Gasteiger partial charge in [-0.1, -0.05) is 20.8 Å². The summed E-state index contributed by atoms with van der Waals surface area (Å²) in [6, 6.07) is 1.13. The Morgan fingerprint density at radius 3 is 2.50 bits per heavy atom. The average Bonchev–Trinajstić information content (AvgIpc) is 2.75. The number of hydrogen-bond donors (Lipinski definition) is 3. The second-order valence-corrected chi connectivity index (χ2v) is 5.54. The van der Waals surface area contributed by atoms with Gasteiger partial charge in [-0.05, 0) is 24.8 Å². The van der Waals surface area contributed by atoms with Crippen molar-refractivity contribution >= 4 is 12.0 Å². The number of carboxylic acids is 1. The molecule has 1 aromatic heterocycles. The summed E-state index contributed by atoms with van der Waals surface area (Å²) in [5.74, 6) is -0.279. The molecule has 6 nitrogen and oxygen atoms in total. The molecule has 0 aliphatic carbocycles. The maximum atomic E-state index is 11.6. The summed E-state index contributed by atoms with van der Waals surface area (Å²) in [6.07, 6.45) is 0.965. The van der Waals surface area contributed by atoms with Crippen LogP contribution < -0.4 is 10.6 Å². The quantitative estimate of drug-likeness (QED) is 0.747. The molecule has 0 atom stereocenters. The second-order valence-electron chi connectivity index (χ2n) is 5.54. The number of nitrogens with one attached hydrogen (secondary N) is 2. The Hall–Kier alpha value is -1.98. The van der Waals surface area contributed by atoms with Crippen LogP contribution in [0.4, 0.5) is 4.79 Å². The standard InChI is InChI=1S/C14H22N2O4/c1-5-14(3,4)8-16-13(19)15-7-10-6-11(12(17)18)9(2)20-10/h6H,5,7-8H2,1-4H3,(H,17,18)(H2,15,16,19). The van der Waals surface area contributed by atoms with E-state index in [-0.39, 0.29) is 23.6 Å². The number of urea groups is 1. The zero-order valence-electron chi connectivity index (χ0n) is 12.4. The van der Waals surface area contributed by atoms with Crippen molar-refractivity contribution in [3.05, 3.63) is 23.2 Å². The van der Waals surface area contributed by atoms with Crippen LogP contribution >= 0.6 is 0 Å². The third-order valence-electron chi connectivity index (χ3n) is 3.31. The molecule has 1 heterocycles. The van der Waals surface area contributed by atoms with Crippen LogP contribution in [0.2, 0.25) is 0 Å². The van der Waals surface area contributed by atoms with E-state index in [2.05, 4.69) is 31.4 Å². The lowest BCUT2D eigenvalue weighted by Crippen LogP contribution is -2.40. The number of hydrogen-bond acceptors (Lipinski definition) is 3. The van der Waals surface area contributed by atoms with Gasteiger partial charge in [0, 0.05) is 6.54 Å². The summed E-state index contributed by atoms with van der Waals surface area (Å²) in [5, 5.41) is 14.3.